The molecule has 25 heavy (non-hydrogen) atoms. The number of unbranched alkanes of at least 4 members (excludes halogenated alkanes) is 11. The second kappa shape index (κ2) is 17.9. The fourth-order valence-corrected chi connectivity index (χ4v) is 3.02. The molecule has 0 aliphatic rings. The van der Waals surface area contributed by atoms with Crippen molar-refractivity contribution in [2.75, 3.05) is 6.61 Å². The molecular weight excluding hydrogens is 314 g/mol. The van der Waals surface area contributed by atoms with Crippen LogP contribution in [0.1, 0.15) is 97.3 Å². The van der Waals surface area contributed by atoms with Crippen molar-refractivity contribution in [2.45, 2.75) is 109 Å². The Labute approximate surface area is 155 Å². The van der Waals surface area contributed by atoms with E-state index < -0.39 is 12.1 Å². The minimum Gasteiger partial charge on any atom is -0.396 e. The number of carbonyl (C=O) groups is 1. The van der Waals surface area contributed by atoms with E-state index in [1.807, 2.05) is 6.08 Å². The molecule has 4 heteroatoms. The van der Waals surface area contributed by atoms with Crippen LogP contribution < -0.4 is 5.32 Å². The summed E-state index contributed by atoms with van der Waals surface area (Å²) in [5, 5.41) is 21.7. The first-order valence-corrected chi connectivity index (χ1v) is 10.3. The predicted molar refractivity (Wildman–Crippen MR) is 106 cm³/mol. The van der Waals surface area contributed by atoms with Crippen LogP contribution in [-0.4, -0.2) is 34.9 Å². The van der Waals surface area contributed by atoms with Gasteiger partial charge in [-0.1, -0.05) is 83.3 Å². The van der Waals surface area contributed by atoms with Crippen LogP contribution in [0.5, 0.6) is 0 Å². The normalized spacial score (nSPS) is 13.9. The number of allylic oxidation sites excluding steroid dienone is 1. The van der Waals surface area contributed by atoms with Gasteiger partial charge in [-0.05, 0) is 19.3 Å². The number of hydrogen-bond donors (Lipinski definition) is 3. The predicted octanol–water partition coefficient (Wildman–Crippen LogP) is 4.49. The first-order valence-electron chi connectivity index (χ1n) is 10.3. The molecule has 4 nitrogen and oxygen atoms in total. The average molecular weight is 356 g/mol. The van der Waals surface area contributed by atoms with Crippen LogP contribution in [0.4, 0.5) is 0 Å². The highest BCUT2D eigenvalue weighted by Gasteiger charge is 2.16. The summed E-state index contributed by atoms with van der Waals surface area (Å²) in [7, 11) is 0. The third-order valence-electron chi connectivity index (χ3n) is 4.55. The molecule has 0 fully saturated rings. The molecule has 0 radical (unpaired) electrons. The van der Waals surface area contributed by atoms with E-state index in [9.17, 15) is 9.90 Å². The molecule has 0 aliphatic carbocycles. The molecule has 2 atom stereocenters. The van der Waals surface area contributed by atoms with Crippen LogP contribution in [0.2, 0.25) is 0 Å². The van der Waals surface area contributed by atoms with Crippen molar-refractivity contribution < 1.29 is 15.0 Å². The zero-order chi connectivity index (χ0) is 18.8. The number of carbonyl (C=O) groups excluding carboxylic acids is 1. The monoisotopic (exact) mass is 355 g/mol. The van der Waals surface area contributed by atoms with Gasteiger partial charge in [0.2, 0.25) is 5.91 Å². The topological polar surface area (TPSA) is 69.6 Å². The third kappa shape index (κ3) is 16.4. The van der Waals surface area contributed by atoms with E-state index in [2.05, 4.69) is 12.2 Å². The zero-order valence-corrected chi connectivity index (χ0v) is 16.5. The number of amides is 1. The van der Waals surface area contributed by atoms with Gasteiger partial charge >= 0.3 is 0 Å². The summed E-state index contributed by atoms with van der Waals surface area (Å²) in [6, 6.07) is -0.406. The van der Waals surface area contributed by atoms with Gasteiger partial charge in [-0.25, -0.2) is 0 Å². The maximum absolute atomic E-state index is 11.1. The van der Waals surface area contributed by atoms with Gasteiger partial charge in [0.15, 0.2) is 0 Å². The molecule has 0 aromatic carbocycles. The lowest BCUT2D eigenvalue weighted by atomic mass is 10.0. The van der Waals surface area contributed by atoms with Crippen molar-refractivity contribution in [3.05, 3.63) is 12.2 Å². The Balaban J connectivity index is 3.56. The van der Waals surface area contributed by atoms with Crippen LogP contribution in [0.25, 0.3) is 0 Å². The van der Waals surface area contributed by atoms with Crippen molar-refractivity contribution in [2.24, 2.45) is 0 Å². The fourth-order valence-electron chi connectivity index (χ4n) is 3.02. The van der Waals surface area contributed by atoms with Gasteiger partial charge in [0.1, 0.15) is 0 Å². The Hall–Kier alpha value is -0.870. The molecule has 0 aromatic heterocycles. The minimum absolute atomic E-state index is 0.0472. The van der Waals surface area contributed by atoms with Gasteiger partial charge in [-0.15, -0.1) is 0 Å². The van der Waals surface area contributed by atoms with Crippen molar-refractivity contribution in [1.29, 1.82) is 0 Å². The summed E-state index contributed by atoms with van der Waals surface area (Å²) in [6.45, 7) is 3.63. The van der Waals surface area contributed by atoms with E-state index in [1.165, 1.54) is 71.1 Å². The second-order valence-electron chi connectivity index (χ2n) is 7.06. The highest BCUT2D eigenvalue weighted by atomic mass is 16.3. The zero-order valence-electron chi connectivity index (χ0n) is 16.5. The largest absolute Gasteiger partial charge is 0.396 e. The maximum atomic E-state index is 11.1. The van der Waals surface area contributed by atoms with Crippen LogP contribution in [0, 0.1) is 0 Å². The molecule has 0 spiro atoms. The van der Waals surface area contributed by atoms with E-state index in [-0.39, 0.29) is 12.5 Å². The summed E-state index contributed by atoms with van der Waals surface area (Å²) in [5.74, 6) is -0.184. The molecule has 148 valence electrons. The molecule has 0 unspecified atom stereocenters. The highest BCUT2D eigenvalue weighted by molar-refractivity contribution is 5.73. The van der Waals surface area contributed by atoms with Crippen LogP contribution >= 0.6 is 0 Å². The summed E-state index contributed by atoms with van der Waals surface area (Å²) >= 11 is 0. The van der Waals surface area contributed by atoms with E-state index >= 15 is 0 Å². The van der Waals surface area contributed by atoms with Gasteiger partial charge in [0.05, 0.1) is 12.1 Å². The fraction of sp³-hybridized carbons (Fsp3) is 0.857. The number of aliphatic hydroxyl groups excluding tert-OH is 2. The molecular formula is C21H41NO3. The Morgan fingerprint density at radius 2 is 1.48 bits per heavy atom. The van der Waals surface area contributed by atoms with Gasteiger partial charge in [-0.3, -0.25) is 4.79 Å². The third-order valence-corrected chi connectivity index (χ3v) is 4.55. The number of rotatable bonds is 17. The van der Waals surface area contributed by atoms with E-state index in [4.69, 9.17) is 5.11 Å². The van der Waals surface area contributed by atoms with Crippen LogP contribution in [0.3, 0.4) is 0 Å². The van der Waals surface area contributed by atoms with E-state index in [1.54, 1.807) is 6.08 Å². The first kappa shape index (κ1) is 24.1. The molecule has 0 aromatic rings. The summed E-state index contributed by atoms with van der Waals surface area (Å²) in [4.78, 5) is 11.1. The van der Waals surface area contributed by atoms with E-state index in [0.717, 1.165) is 12.8 Å². The SMILES string of the molecule is CCCCCCCCCCCCC/C=C/[C@@H](O)[C@H](CCO)NC(C)=O. The first-order chi connectivity index (χ1) is 12.1. The highest BCUT2D eigenvalue weighted by Crippen LogP contribution is 2.12. The lowest BCUT2D eigenvalue weighted by Crippen LogP contribution is -2.42. The lowest BCUT2D eigenvalue weighted by Gasteiger charge is -2.20. The summed E-state index contributed by atoms with van der Waals surface area (Å²) in [6.07, 6.45) is 19.0. The molecule has 3 N–H and O–H groups in total. The molecule has 1 amide bonds. The van der Waals surface area contributed by atoms with Gasteiger partial charge in [-0.2, -0.15) is 0 Å². The number of hydrogen-bond acceptors (Lipinski definition) is 3. The second-order valence-corrected chi connectivity index (χ2v) is 7.06. The van der Waals surface area contributed by atoms with Gasteiger partial charge in [0, 0.05) is 13.5 Å². The van der Waals surface area contributed by atoms with Gasteiger partial charge in [0.25, 0.3) is 0 Å². The molecule has 0 heterocycles. The van der Waals surface area contributed by atoms with Crippen molar-refractivity contribution in [3.63, 3.8) is 0 Å². The molecule has 0 saturated carbocycles. The Morgan fingerprint density at radius 1 is 0.960 bits per heavy atom. The number of aliphatic hydroxyl groups is 2. The Bertz CT molecular complexity index is 331. The van der Waals surface area contributed by atoms with Crippen molar-refractivity contribution in [1.82, 2.24) is 5.32 Å². The molecule has 0 rings (SSSR count). The van der Waals surface area contributed by atoms with E-state index in [0.29, 0.717) is 6.42 Å². The molecule has 0 saturated heterocycles. The number of nitrogens with one attached hydrogen (secondary N) is 1. The van der Waals surface area contributed by atoms with Crippen molar-refractivity contribution >= 4 is 5.91 Å². The van der Waals surface area contributed by atoms with Crippen LogP contribution in [-0.2, 0) is 4.79 Å². The lowest BCUT2D eigenvalue weighted by molar-refractivity contribution is -0.120. The molecule has 0 aliphatic heterocycles. The Morgan fingerprint density at radius 3 is 1.96 bits per heavy atom. The van der Waals surface area contributed by atoms with Gasteiger partial charge < -0.3 is 15.5 Å². The quantitative estimate of drug-likeness (QED) is 0.266. The summed E-state index contributed by atoms with van der Waals surface area (Å²) < 4.78 is 0. The Kier molecular flexibility index (Phi) is 17.3. The van der Waals surface area contributed by atoms with Crippen molar-refractivity contribution in [3.8, 4) is 0 Å². The standard InChI is InChI=1S/C21H41NO3/c1-3-4-5-6-7-8-9-10-11-12-13-14-15-16-21(25)20(17-18-23)22-19(2)24/h15-16,20-21,23,25H,3-14,17-18H2,1-2H3,(H,22,24)/b16-15+/t20-,21+/m0/s1. The molecule has 0 bridgehead atoms. The summed E-state index contributed by atoms with van der Waals surface area (Å²) in [5.41, 5.74) is 0. The maximum Gasteiger partial charge on any atom is 0.217 e. The average Bonchev–Trinajstić information content (AvgIpc) is 2.58. The smallest absolute Gasteiger partial charge is 0.217 e. The van der Waals surface area contributed by atoms with Crippen LogP contribution in [0.15, 0.2) is 12.2 Å². The minimum atomic E-state index is -0.733.